The number of carbonyl (C=O) groups is 1. The number of nitrogens with zero attached hydrogens (tertiary/aromatic N) is 3. The van der Waals surface area contributed by atoms with Crippen molar-refractivity contribution in [3.8, 4) is 11.5 Å². The van der Waals surface area contributed by atoms with Crippen LogP contribution in [0.25, 0.3) is 0 Å². The highest BCUT2D eigenvalue weighted by Crippen LogP contribution is 2.31. The summed E-state index contributed by atoms with van der Waals surface area (Å²) in [5, 5.41) is 20.0. The summed E-state index contributed by atoms with van der Waals surface area (Å²) in [6.45, 7) is 7.62. The van der Waals surface area contributed by atoms with Crippen LogP contribution in [0.4, 0.5) is 0 Å². The second-order valence-electron chi connectivity index (χ2n) is 10.6. The Morgan fingerprint density at radius 2 is 1.79 bits per heavy atom. The summed E-state index contributed by atoms with van der Waals surface area (Å²) in [6, 6.07) is 13.9. The van der Waals surface area contributed by atoms with Gasteiger partial charge in [0.1, 0.15) is 23.7 Å². The van der Waals surface area contributed by atoms with Gasteiger partial charge in [-0.2, -0.15) is 0 Å². The Kier molecular flexibility index (Phi) is 11.7. The van der Waals surface area contributed by atoms with Crippen LogP contribution < -0.4 is 9.47 Å². The molecule has 0 bridgehead atoms. The van der Waals surface area contributed by atoms with Gasteiger partial charge in [-0.1, -0.05) is 24.3 Å². The van der Waals surface area contributed by atoms with Gasteiger partial charge in [0.15, 0.2) is 0 Å². The molecule has 10 heteroatoms. The lowest BCUT2D eigenvalue weighted by atomic mass is 10.00. The summed E-state index contributed by atoms with van der Waals surface area (Å²) in [4.78, 5) is 19.7. The van der Waals surface area contributed by atoms with Gasteiger partial charge in [-0.3, -0.25) is 9.69 Å². The maximum absolute atomic E-state index is 13.4. The number of amides is 1. The molecule has 3 heterocycles. The minimum absolute atomic E-state index is 0. The maximum atomic E-state index is 13.4. The van der Waals surface area contributed by atoms with Gasteiger partial charge < -0.3 is 29.5 Å². The van der Waals surface area contributed by atoms with Gasteiger partial charge in [0.05, 0.1) is 24.8 Å². The number of β-amino-alcohol motifs (C(OH)–C–C–N with tert-alkyl or cyclic N) is 2. The third-order valence-corrected chi connectivity index (χ3v) is 7.64. The number of likely N-dealkylation sites (tertiary alicyclic amines) is 1. The molecule has 0 unspecified atom stereocenters. The molecule has 5 rings (SSSR count). The Balaban J connectivity index is 0.00000210. The number of hydrogen-bond donors (Lipinski definition) is 2. The molecule has 2 N–H and O–H groups in total. The van der Waals surface area contributed by atoms with Crippen molar-refractivity contribution in [2.75, 3.05) is 52.4 Å². The fraction of sp³-hybridized carbons (Fsp3) is 0.552. The van der Waals surface area contributed by atoms with Crippen molar-refractivity contribution in [2.45, 2.75) is 51.0 Å². The van der Waals surface area contributed by atoms with E-state index < -0.39 is 6.10 Å². The van der Waals surface area contributed by atoms with Crippen LogP contribution >= 0.6 is 24.8 Å². The van der Waals surface area contributed by atoms with Gasteiger partial charge in [-0.15, -0.1) is 24.8 Å². The molecule has 1 saturated heterocycles. The molecule has 3 aliphatic rings. The Bertz CT molecular complexity index is 1090. The van der Waals surface area contributed by atoms with Gasteiger partial charge in [0.25, 0.3) is 5.91 Å². The Hall–Kier alpha value is -2.07. The first-order valence-electron chi connectivity index (χ1n) is 13.6. The molecule has 1 fully saturated rings. The first kappa shape index (κ1) is 31.5. The molecule has 8 nitrogen and oxygen atoms in total. The first-order chi connectivity index (χ1) is 18.0. The molecular formula is C29H45Cl2N3O5. The smallest absolute Gasteiger partial charge is 0.257 e. The molecule has 2 aromatic carbocycles. The summed E-state index contributed by atoms with van der Waals surface area (Å²) in [6.07, 6.45) is 2.07. The molecule has 2 aromatic rings. The van der Waals surface area contributed by atoms with E-state index in [0.29, 0.717) is 36.7 Å². The summed E-state index contributed by atoms with van der Waals surface area (Å²) in [5.74, 6) is 1.13. The maximum Gasteiger partial charge on any atom is 0.257 e. The number of halogens is 2. The minimum atomic E-state index is -0.637. The number of ether oxygens (including phenoxy) is 2. The van der Waals surface area contributed by atoms with Crippen molar-refractivity contribution in [2.24, 2.45) is 0 Å². The summed E-state index contributed by atoms with van der Waals surface area (Å²) in [7, 11) is 0. The topological polar surface area (TPSA) is 85.7 Å². The zero-order valence-electron chi connectivity index (χ0n) is 22.5. The highest BCUT2D eigenvalue weighted by Gasteiger charge is 2.30. The molecule has 3 aliphatic heterocycles. The number of hydrogen-bond acceptors (Lipinski definition) is 7. The Morgan fingerprint density at radius 1 is 1.05 bits per heavy atom. The van der Waals surface area contributed by atoms with Crippen molar-refractivity contribution >= 4 is 30.7 Å². The summed E-state index contributed by atoms with van der Waals surface area (Å²) in [5.41, 5.74) is 3.21. The van der Waals surface area contributed by atoms with E-state index in [2.05, 4.69) is 34.1 Å². The van der Waals surface area contributed by atoms with Crippen LogP contribution in [0.2, 0.25) is 0 Å². The van der Waals surface area contributed by atoms with Gasteiger partial charge >= 0.3 is 0 Å². The number of aliphatic hydroxyl groups is 2. The number of benzene rings is 2. The fourth-order valence-electron chi connectivity index (χ4n) is 5.73. The molecule has 0 spiro atoms. The van der Waals surface area contributed by atoms with Crippen LogP contribution in [0.5, 0.6) is 11.5 Å². The third kappa shape index (κ3) is 7.99. The van der Waals surface area contributed by atoms with Crippen molar-refractivity contribution in [1.29, 1.82) is 0 Å². The SMILES string of the molecule is C[C@@H]1CN(C[C@H](O)CN2CCc3ccccc3C2)C(=O)c2ccc(OC3CCN(CCO)CC3)cc2O1.Cl.Cl.[HH].[HH]. The molecule has 39 heavy (non-hydrogen) atoms. The van der Waals surface area contributed by atoms with Gasteiger partial charge in [-0.25, -0.2) is 0 Å². The van der Waals surface area contributed by atoms with Crippen LogP contribution in [-0.4, -0.2) is 102 Å². The van der Waals surface area contributed by atoms with E-state index in [1.807, 2.05) is 19.1 Å². The fourth-order valence-corrected chi connectivity index (χ4v) is 5.73. The van der Waals surface area contributed by atoms with Crippen molar-refractivity contribution in [1.82, 2.24) is 14.7 Å². The highest BCUT2D eigenvalue weighted by atomic mass is 35.5. The molecule has 0 aromatic heterocycles. The largest absolute Gasteiger partial charge is 0.490 e. The number of piperidine rings is 1. The van der Waals surface area contributed by atoms with Gasteiger partial charge in [-0.05, 0) is 49.4 Å². The molecule has 0 radical (unpaired) electrons. The van der Waals surface area contributed by atoms with Crippen LogP contribution in [0.15, 0.2) is 42.5 Å². The normalized spacial score (nSPS) is 20.9. The number of aliphatic hydroxyl groups excluding tert-OH is 2. The molecule has 2 atom stereocenters. The average molecular weight is 587 g/mol. The van der Waals surface area contributed by atoms with E-state index in [1.54, 1.807) is 11.0 Å². The van der Waals surface area contributed by atoms with Crippen molar-refractivity contribution in [3.05, 3.63) is 59.2 Å². The second-order valence-corrected chi connectivity index (χ2v) is 10.6. The number of fused-ring (bicyclic) bond motifs is 2. The van der Waals surface area contributed by atoms with Crippen molar-refractivity contribution in [3.63, 3.8) is 0 Å². The summed E-state index contributed by atoms with van der Waals surface area (Å²) < 4.78 is 12.4. The van der Waals surface area contributed by atoms with E-state index in [0.717, 1.165) is 45.4 Å². The van der Waals surface area contributed by atoms with E-state index >= 15 is 0 Å². The predicted molar refractivity (Wildman–Crippen MR) is 160 cm³/mol. The quantitative estimate of drug-likeness (QED) is 0.490. The zero-order valence-corrected chi connectivity index (χ0v) is 24.2. The number of rotatable bonds is 8. The standard InChI is InChI=1S/C29H39N3O5.2ClH.2H2/c1-21-17-32(20-24(34)19-31-11-8-22-4-2-3-5-23(22)18-31)29(35)27-7-6-26(16-28(27)36-21)37-25-9-12-30(13-10-25)14-15-33;;;;/h2-7,16,21,24-25,33-34H,8-15,17-20H2,1H3;4*1H/t21-,24-;;;;/m1..../s1. The van der Waals surface area contributed by atoms with E-state index in [-0.39, 0.29) is 58.9 Å². The molecule has 0 saturated carbocycles. The molecule has 0 aliphatic carbocycles. The monoisotopic (exact) mass is 585 g/mol. The molecule has 220 valence electrons. The Morgan fingerprint density at radius 3 is 2.54 bits per heavy atom. The van der Waals surface area contributed by atoms with Crippen LogP contribution in [-0.2, 0) is 13.0 Å². The second kappa shape index (κ2) is 14.5. The van der Waals surface area contributed by atoms with Crippen molar-refractivity contribution < 1.29 is 27.3 Å². The summed E-state index contributed by atoms with van der Waals surface area (Å²) >= 11 is 0. The van der Waals surface area contributed by atoms with E-state index in [9.17, 15) is 9.90 Å². The third-order valence-electron chi connectivity index (χ3n) is 7.64. The van der Waals surface area contributed by atoms with E-state index in [1.165, 1.54) is 11.1 Å². The first-order valence-corrected chi connectivity index (χ1v) is 13.6. The molecule has 1 amide bonds. The van der Waals surface area contributed by atoms with Crippen LogP contribution in [0.1, 0.15) is 44.1 Å². The lowest BCUT2D eigenvalue weighted by Crippen LogP contribution is -2.45. The van der Waals surface area contributed by atoms with E-state index in [4.69, 9.17) is 14.6 Å². The lowest BCUT2D eigenvalue weighted by molar-refractivity contribution is 0.0454. The molecular weight excluding hydrogens is 541 g/mol. The predicted octanol–water partition coefficient (Wildman–Crippen LogP) is 3.50. The lowest BCUT2D eigenvalue weighted by Gasteiger charge is -2.32. The minimum Gasteiger partial charge on any atom is -0.490 e. The Labute approximate surface area is 246 Å². The highest BCUT2D eigenvalue weighted by molar-refractivity contribution is 5.97. The van der Waals surface area contributed by atoms with Gasteiger partial charge in [0.2, 0.25) is 0 Å². The van der Waals surface area contributed by atoms with Crippen LogP contribution in [0.3, 0.4) is 0 Å². The zero-order chi connectivity index (χ0) is 25.8. The number of carbonyl (C=O) groups excluding carboxylic acids is 1. The van der Waals surface area contributed by atoms with Crippen LogP contribution in [0, 0.1) is 0 Å². The average Bonchev–Trinajstić information content (AvgIpc) is 3.00. The van der Waals surface area contributed by atoms with Gasteiger partial charge in [0, 0.05) is 54.7 Å².